The molecule has 1 rings (SSSR count). The van der Waals surface area contributed by atoms with Gasteiger partial charge in [-0.3, -0.25) is 0 Å². The first-order valence-corrected chi connectivity index (χ1v) is 6.73. The monoisotopic (exact) mass is 217 g/mol. The molecule has 0 aromatic carbocycles. The van der Waals surface area contributed by atoms with E-state index in [2.05, 4.69) is 25.4 Å². The number of thioether (sulfide) groups is 1. The number of hydrogen-bond acceptors (Lipinski definition) is 3. The summed E-state index contributed by atoms with van der Waals surface area (Å²) >= 11 is 1.93. The summed E-state index contributed by atoms with van der Waals surface area (Å²) in [4.78, 5) is 0. The summed E-state index contributed by atoms with van der Waals surface area (Å²) in [5.41, 5.74) is 0. The SMILES string of the molecule is CSC(C)(C)CNC1CCCOCC1. The maximum atomic E-state index is 5.44. The molecule has 0 amide bonds. The molecule has 1 heterocycles. The zero-order valence-electron chi connectivity index (χ0n) is 9.64. The van der Waals surface area contributed by atoms with Crippen LogP contribution in [0.25, 0.3) is 0 Å². The molecule has 14 heavy (non-hydrogen) atoms. The predicted molar refractivity (Wildman–Crippen MR) is 64.1 cm³/mol. The summed E-state index contributed by atoms with van der Waals surface area (Å²) in [5, 5.41) is 3.65. The van der Waals surface area contributed by atoms with Gasteiger partial charge in [0.2, 0.25) is 0 Å². The van der Waals surface area contributed by atoms with Crippen LogP contribution in [0.4, 0.5) is 0 Å². The third kappa shape index (κ3) is 4.67. The highest BCUT2D eigenvalue weighted by Crippen LogP contribution is 2.20. The smallest absolute Gasteiger partial charge is 0.0480 e. The van der Waals surface area contributed by atoms with Crippen LogP contribution < -0.4 is 5.32 Å². The molecule has 84 valence electrons. The first-order chi connectivity index (χ1) is 6.64. The molecule has 0 aromatic heterocycles. The second-order valence-electron chi connectivity index (χ2n) is 4.58. The van der Waals surface area contributed by atoms with Gasteiger partial charge in [-0.1, -0.05) is 0 Å². The van der Waals surface area contributed by atoms with Crippen molar-refractivity contribution in [3.8, 4) is 0 Å². The predicted octanol–water partition coefficient (Wildman–Crippen LogP) is 2.29. The highest BCUT2D eigenvalue weighted by molar-refractivity contribution is 7.99. The van der Waals surface area contributed by atoms with Gasteiger partial charge in [-0.25, -0.2) is 0 Å². The zero-order chi connectivity index (χ0) is 10.4. The fourth-order valence-corrected chi connectivity index (χ4v) is 1.80. The van der Waals surface area contributed by atoms with Gasteiger partial charge in [-0.15, -0.1) is 0 Å². The minimum atomic E-state index is 0.354. The lowest BCUT2D eigenvalue weighted by molar-refractivity contribution is 0.142. The molecule has 0 bridgehead atoms. The van der Waals surface area contributed by atoms with E-state index in [9.17, 15) is 0 Å². The maximum Gasteiger partial charge on any atom is 0.0480 e. The molecular formula is C11H23NOS. The molecule has 1 aliphatic rings. The van der Waals surface area contributed by atoms with Gasteiger partial charge < -0.3 is 10.1 Å². The van der Waals surface area contributed by atoms with E-state index in [0.717, 1.165) is 19.8 Å². The summed E-state index contributed by atoms with van der Waals surface area (Å²) in [6.07, 6.45) is 5.82. The average molecular weight is 217 g/mol. The summed E-state index contributed by atoms with van der Waals surface area (Å²) in [5.74, 6) is 0. The minimum absolute atomic E-state index is 0.354. The molecule has 0 aromatic rings. The summed E-state index contributed by atoms with van der Waals surface area (Å²) < 4.78 is 5.79. The van der Waals surface area contributed by atoms with Gasteiger partial charge in [0.1, 0.15) is 0 Å². The lowest BCUT2D eigenvalue weighted by Crippen LogP contribution is -2.39. The summed E-state index contributed by atoms with van der Waals surface area (Å²) in [7, 11) is 0. The molecule has 1 unspecified atom stereocenters. The standard InChI is InChI=1S/C11H23NOS/c1-11(2,14-3)9-12-10-5-4-7-13-8-6-10/h10,12H,4-9H2,1-3H3. The molecule has 0 aliphatic carbocycles. The number of nitrogens with one attached hydrogen (secondary N) is 1. The van der Waals surface area contributed by atoms with E-state index in [1.165, 1.54) is 19.3 Å². The number of rotatable bonds is 4. The fraction of sp³-hybridized carbons (Fsp3) is 1.00. The van der Waals surface area contributed by atoms with E-state index >= 15 is 0 Å². The molecule has 0 spiro atoms. The lowest BCUT2D eigenvalue weighted by atomic mass is 10.1. The van der Waals surface area contributed by atoms with Crippen molar-refractivity contribution in [3.05, 3.63) is 0 Å². The lowest BCUT2D eigenvalue weighted by Gasteiger charge is -2.26. The second kappa shape index (κ2) is 5.99. The molecule has 1 N–H and O–H groups in total. The Hall–Kier alpha value is 0.270. The van der Waals surface area contributed by atoms with Crippen molar-refractivity contribution < 1.29 is 4.74 Å². The van der Waals surface area contributed by atoms with E-state index < -0.39 is 0 Å². The van der Waals surface area contributed by atoms with Crippen LogP contribution in [0.5, 0.6) is 0 Å². The highest BCUT2D eigenvalue weighted by atomic mass is 32.2. The van der Waals surface area contributed by atoms with Crippen molar-refractivity contribution in [2.75, 3.05) is 26.0 Å². The Morgan fingerprint density at radius 1 is 1.36 bits per heavy atom. The third-order valence-electron chi connectivity index (χ3n) is 2.82. The van der Waals surface area contributed by atoms with Crippen LogP contribution in [0.3, 0.4) is 0 Å². The molecule has 2 nitrogen and oxygen atoms in total. The second-order valence-corrected chi connectivity index (χ2v) is 6.10. The molecular weight excluding hydrogens is 194 g/mol. The molecule has 0 radical (unpaired) electrons. The van der Waals surface area contributed by atoms with Gasteiger partial charge in [0, 0.05) is 30.5 Å². The van der Waals surface area contributed by atoms with E-state index in [-0.39, 0.29) is 0 Å². The van der Waals surface area contributed by atoms with Crippen LogP contribution in [0.1, 0.15) is 33.1 Å². The van der Waals surface area contributed by atoms with Crippen LogP contribution in [0, 0.1) is 0 Å². The van der Waals surface area contributed by atoms with Gasteiger partial charge in [-0.05, 0) is 39.4 Å². The van der Waals surface area contributed by atoms with Crippen LogP contribution in [0.15, 0.2) is 0 Å². The molecule has 1 fully saturated rings. The molecule has 1 saturated heterocycles. The van der Waals surface area contributed by atoms with E-state index in [4.69, 9.17) is 4.74 Å². The Kier molecular flexibility index (Phi) is 5.28. The fourth-order valence-electron chi connectivity index (χ4n) is 1.57. The van der Waals surface area contributed by atoms with Gasteiger partial charge in [0.15, 0.2) is 0 Å². The Morgan fingerprint density at radius 2 is 2.14 bits per heavy atom. The van der Waals surface area contributed by atoms with Gasteiger partial charge in [0.25, 0.3) is 0 Å². The number of hydrogen-bond donors (Lipinski definition) is 1. The van der Waals surface area contributed by atoms with E-state index in [1.54, 1.807) is 0 Å². The summed E-state index contributed by atoms with van der Waals surface area (Å²) in [6, 6.07) is 0.670. The largest absolute Gasteiger partial charge is 0.381 e. The Balaban J connectivity index is 2.22. The average Bonchev–Trinajstić information content (AvgIpc) is 2.43. The van der Waals surface area contributed by atoms with Gasteiger partial charge in [-0.2, -0.15) is 11.8 Å². The van der Waals surface area contributed by atoms with Crippen molar-refractivity contribution in [2.45, 2.75) is 43.9 Å². The Morgan fingerprint density at radius 3 is 2.86 bits per heavy atom. The third-order valence-corrected chi connectivity index (χ3v) is 4.07. The Bertz CT molecular complexity index is 153. The quantitative estimate of drug-likeness (QED) is 0.780. The topological polar surface area (TPSA) is 21.3 Å². The van der Waals surface area contributed by atoms with Crippen molar-refractivity contribution in [1.82, 2.24) is 5.32 Å². The van der Waals surface area contributed by atoms with E-state index in [0.29, 0.717) is 10.8 Å². The summed E-state index contributed by atoms with van der Waals surface area (Å²) in [6.45, 7) is 7.55. The van der Waals surface area contributed by atoms with E-state index in [1.807, 2.05) is 11.8 Å². The normalized spacial score (nSPS) is 24.6. The van der Waals surface area contributed by atoms with Gasteiger partial charge in [0.05, 0.1) is 0 Å². The first-order valence-electron chi connectivity index (χ1n) is 5.50. The molecule has 0 saturated carbocycles. The van der Waals surface area contributed by atoms with Gasteiger partial charge >= 0.3 is 0 Å². The molecule has 3 heteroatoms. The molecule has 1 atom stereocenters. The van der Waals surface area contributed by atoms with Crippen molar-refractivity contribution >= 4 is 11.8 Å². The van der Waals surface area contributed by atoms with Crippen LogP contribution in [0.2, 0.25) is 0 Å². The van der Waals surface area contributed by atoms with Crippen molar-refractivity contribution in [1.29, 1.82) is 0 Å². The maximum absolute atomic E-state index is 5.44. The van der Waals surface area contributed by atoms with Crippen LogP contribution in [-0.4, -0.2) is 36.8 Å². The minimum Gasteiger partial charge on any atom is -0.381 e. The first kappa shape index (κ1) is 12.3. The molecule has 1 aliphatic heterocycles. The van der Waals surface area contributed by atoms with Crippen molar-refractivity contribution in [2.24, 2.45) is 0 Å². The highest BCUT2D eigenvalue weighted by Gasteiger charge is 2.18. The Labute approximate surface area is 92.2 Å². The van der Waals surface area contributed by atoms with Crippen molar-refractivity contribution in [3.63, 3.8) is 0 Å². The number of ether oxygens (including phenoxy) is 1. The van der Waals surface area contributed by atoms with Crippen LogP contribution >= 0.6 is 11.8 Å². The van der Waals surface area contributed by atoms with Crippen LogP contribution in [-0.2, 0) is 4.74 Å². The zero-order valence-corrected chi connectivity index (χ0v) is 10.5.